The van der Waals surface area contributed by atoms with Crippen LogP contribution in [0, 0.1) is 0 Å². The molecule has 1 radical (unpaired) electrons. The topological polar surface area (TPSA) is 17.1 Å². The van der Waals surface area contributed by atoms with E-state index in [2.05, 4.69) is 0 Å². The molecule has 0 heterocycles. The summed E-state index contributed by atoms with van der Waals surface area (Å²) in [5, 5.41) is 0. The van der Waals surface area contributed by atoms with Crippen molar-refractivity contribution in [3.05, 3.63) is 0 Å². The van der Waals surface area contributed by atoms with E-state index >= 15 is 0 Å². The molecule has 6 heteroatoms. The summed E-state index contributed by atoms with van der Waals surface area (Å²) in [6, 6.07) is 0. The molecule has 0 saturated carbocycles. The summed E-state index contributed by atoms with van der Waals surface area (Å²) in [4.78, 5) is 0. The quantitative estimate of drug-likeness (QED) is 0.407. The Hall–Kier alpha value is 1.24. The Balaban J connectivity index is -0.0000000450. The van der Waals surface area contributed by atoms with Crippen LogP contribution in [-0.4, -0.2) is 6.87 Å². The molecular formula is H4BFOP2V. The molecule has 0 aliphatic rings. The van der Waals surface area contributed by atoms with Crippen LogP contribution in [0.1, 0.15) is 0 Å². The van der Waals surface area contributed by atoms with Gasteiger partial charge in [0.25, 0.3) is 0 Å². The van der Waals surface area contributed by atoms with Gasteiger partial charge in [-0.25, -0.2) is 0 Å². The molecule has 0 spiro atoms. The van der Waals surface area contributed by atoms with Crippen LogP contribution in [0.25, 0.3) is 0 Å². The number of halogens is 1. The Bertz CT molecular complexity index is 27.5. The Morgan fingerprint density at radius 3 is 1.83 bits per heavy atom. The minimum absolute atomic E-state index is 0. The van der Waals surface area contributed by atoms with E-state index in [4.69, 9.17) is 4.70 Å². The van der Waals surface area contributed by atoms with Crippen molar-refractivity contribution in [2.24, 2.45) is 0 Å². The van der Waals surface area contributed by atoms with Gasteiger partial charge in [0.2, 0.25) is 0 Å². The third-order valence-corrected chi connectivity index (χ3v) is 0.134. The van der Waals surface area contributed by atoms with Crippen LogP contribution in [0.2, 0.25) is 0 Å². The van der Waals surface area contributed by atoms with Gasteiger partial charge in [-0.2, -0.15) is 9.90 Å². The van der Waals surface area contributed by atoms with Gasteiger partial charge in [-0.1, -0.05) is 0 Å². The molecule has 0 aromatic carbocycles. The molecular weight excluding hydrogens is 159 g/mol. The molecule has 2 unspecified atom stereocenters. The van der Waals surface area contributed by atoms with Gasteiger partial charge in [0.05, 0.1) is 0 Å². The smallest absolute Gasteiger partial charge is 0 e. The second-order valence-electron chi connectivity index (χ2n) is 0.227. The Morgan fingerprint density at radius 1 is 1.67 bits per heavy atom. The second-order valence-corrected chi connectivity index (χ2v) is 0.681. The van der Waals surface area contributed by atoms with E-state index in [1.54, 1.807) is 0 Å². The third kappa shape index (κ3) is 18.8. The molecule has 35 valence electrons. The Labute approximate surface area is 53.5 Å². The summed E-state index contributed by atoms with van der Waals surface area (Å²) in [5.74, 6) is 0. The molecule has 0 aliphatic heterocycles. The van der Waals surface area contributed by atoms with Gasteiger partial charge < -0.3 is 0 Å². The van der Waals surface area contributed by atoms with Gasteiger partial charge in [0.15, 0.2) is 0 Å². The molecule has 0 N–H and O–H groups in total. The number of rotatable bonds is 1. The second kappa shape index (κ2) is 16.3. The van der Waals surface area contributed by atoms with Crippen LogP contribution < -0.4 is 0 Å². The van der Waals surface area contributed by atoms with Gasteiger partial charge in [-0.3, -0.25) is 0 Å². The van der Waals surface area contributed by atoms with E-state index < -0.39 is 8.77 Å². The van der Waals surface area contributed by atoms with Gasteiger partial charge in [0.1, 0.15) is 0 Å². The van der Waals surface area contributed by atoms with Crippen molar-refractivity contribution in [1.82, 2.24) is 0 Å². The van der Waals surface area contributed by atoms with Crippen molar-refractivity contribution in [2.75, 3.05) is 0 Å². The van der Waals surface area contributed by atoms with Crippen molar-refractivity contribution in [3.63, 3.8) is 0 Å². The summed E-state index contributed by atoms with van der Waals surface area (Å²) >= 11 is 0. The maximum absolute atomic E-state index is 10.4. The van der Waals surface area contributed by atoms with E-state index in [0.717, 1.165) is 0 Å². The summed E-state index contributed by atoms with van der Waals surface area (Å²) in [6.07, 6.45) is 0. The summed E-state index contributed by atoms with van der Waals surface area (Å²) in [6.45, 7) is 0.236. The van der Waals surface area contributed by atoms with E-state index in [1.807, 2.05) is 0 Å². The fourth-order valence-corrected chi connectivity index (χ4v) is 0. The maximum atomic E-state index is 10.4. The van der Waals surface area contributed by atoms with Crippen molar-refractivity contribution in [1.29, 1.82) is 0 Å². The zero-order valence-electron chi connectivity index (χ0n) is 3.02. The van der Waals surface area contributed by atoms with Crippen LogP contribution in [0.5, 0.6) is 0 Å². The summed E-state index contributed by atoms with van der Waals surface area (Å²) in [5.41, 5.74) is 0. The van der Waals surface area contributed by atoms with Crippen molar-refractivity contribution < 1.29 is 27.5 Å². The molecule has 0 aliphatic carbocycles. The summed E-state index contributed by atoms with van der Waals surface area (Å²) in [7, 11) is -1.04. The fourth-order valence-electron chi connectivity index (χ4n) is 0. The predicted octanol–water partition coefficient (Wildman–Crippen LogP) is 0.570. The molecule has 2 atom stereocenters. The molecule has 1 nitrogen and oxygen atoms in total. The van der Waals surface area contributed by atoms with Gasteiger partial charge in [-0.05, 0) is 0 Å². The zero-order chi connectivity index (χ0) is 3.41. The minimum atomic E-state index is -1.04. The first-order valence-corrected chi connectivity index (χ1v) is 1.67. The standard InChI is InChI=1S/BFHOP.H3P.V/c2-4-1-3;;/h4H;1H3;. The first kappa shape index (κ1) is 15.7. The van der Waals surface area contributed by atoms with Gasteiger partial charge >= 0.3 is 24.5 Å². The molecule has 0 fully saturated rings. The Kier molecular flexibility index (Phi) is 42.7. The van der Waals surface area contributed by atoms with Gasteiger partial charge in [0, 0.05) is 18.6 Å². The fraction of sp³-hybridized carbons (Fsp3) is 0. The first-order chi connectivity index (χ1) is 1.91. The minimum Gasteiger partial charge on any atom is -0.153 e. The number of hydrogen-bond donors (Lipinski definition) is 0. The average molecular weight is 163 g/mol. The molecule has 6 heavy (non-hydrogen) atoms. The normalized spacial score (nSPS) is 5.50. The first-order valence-electron chi connectivity index (χ1n) is 0.713. The van der Waals surface area contributed by atoms with Crippen molar-refractivity contribution >= 4 is 25.5 Å². The SMILES string of the molecule is O=BPF.P.[V]. The zero-order valence-corrected chi connectivity index (χ0v) is 6.83. The molecule has 0 saturated heterocycles. The molecule has 0 aromatic heterocycles. The van der Waals surface area contributed by atoms with E-state index in [-0.39, 0.29) is 35.3 Å². The van der Waals surface area contributed by atoms with Crippen molar-refractivity contribution in [2.45, 2.75) is 0 Å². The largest absolute Gasteiger partial charge is 0.153 e. The molecule has 0 amide bonds. The Morgan fingerprint density at radius 2 is 1.83 bits per heavy atom. The van der Waals surface area contributed by atoms with Crippen LogP contribution in [0.15, 0.2) is 0 Å². The average Bonchev–Trinajstić information content (AvgIpc) is 1.37. The summed E-state index contributed by atoms with van der Waals surface area (Å²) < 4.78 is 19.2. The van der Waals surface area contributed by atoms with Crippen LogP contribution >= 0.6 is 18.7 Å². The molecule has 0 aromatic rings. The third-order valence-electron chi connectivity index (χ3n) is 0.0445. The van der Waals surface area contributed by atoms with Gasteiger partial charge in [-0.15, -0.1) is 0 Å². The van der Waals surface area contributed by atoms with E-state index in [1.165, 1.54) is 0 Å². The van der Waals surface area contributed by atoms with Crippen LogP contribution in [0.4, 0.5) is 4.20 Å². The van der Waals surface area contributed by atoms with Crippen LogP contribution in [0.3, 0.4) is 0 Å². The molecule has 0 bridgehead atoms. The maximum Gasteiger partial charge on any atom is 0 e. The van der Waals surface area contributed by atoms with E-state index in [9.17, 15) is 4.20 Å². The number of hydrogen-bond acceptors (Lipinski definition) is 1. The van der Waals surface area contributed by atoms with Crippen LogP contribution in [-0.2, 0) is 23.3 Å². The van der Waals surface area contributed by atoms with E-state index in [0.29, 0.717) is 0 Å². The predicted molar refractivity (Wildman–Crippen MR) is 27.0 cm³/mol. The van der Waals surface area contributed by atoms with Crippen molar-refractivity contribution in [3.8, 4) is 0 Å². The molecule has 0 rings (SSSR count). The monoisotopic (exact) mass is 163 g/mol.